The van der Waals surface area contributed by atoms with Crippen molar-refractivity contribution in [3.63, 3.8) is 0 Å². The lowest BCUT2D eigenvalue weighted by Gasteiger charge is -2.15. The summed E-state index contributed by atoms with van der Waals surface area (Å²) in [6, 6.07) is 18.2. The summed E-state index contributed by atoms with van der Waals surface area (Å²) in [6.07, 6.45) is 1.73. The molecule has 0 atom stereocenters. The summed E-state index contributed by atoms with van der Waals surface area (Å²) < 4.78 is 28.0. The molecule has 1 amide bonds. The number of nitrogens with one attached hydrogen (secondary N) is 1. The zero-order valence-electron chi connectivity index (χ0n) is 16.0. The molecule has 2 heterocycles. The average Bonchev–Trinajstić information content (AvgIpc) is 3.44. The predicted molar refractivity (Wildman–Crippen MR) is 120 cm³/mol. The van der Waals surface area contributed by atoms with E-state index in [2.05, 4.69) is 10.3 Å². The molecule has 1 fully saturated rings. The average molecular weight is 438 g/mol. The van der Waals surface area contributed by atoms with Crippen LogP contribution in [0.4, 0.5) is 5.13 Å². The van der Waals surface area contributed by atoms with Crippen LogP contribution < -0.4 is 5.32 Å². The van der Waals surface area contributed by atoms with Crippen LogP contribution in [0, 0.1) is 0 Å². The predicted octanol–water partition coefficient (Wildman–Crippen LogP) is 4.49. The van der Waals surface area contributed by atoms with Crippen molar-refractivity contribution in [3.8, 4) is 0 Å². The zero-order valence-corrected chi connectivity index (χ0v) is 17.7. The van der Waals surface area contributed by atoms with E-state index >= 15 is 0 Å². The van der Waals surface area contributed by atoms with Gasteiger partial charge in [-0.05, 0) is 42.5 Å². The number of thiazole rings is 1. The van der Waals surface area contributed by atoms with Crippen LogP contribution in [0.5, 0.6) is 0 Å². The Hall–Kier alpha value is -2.81. The SMILES string of the molecule is O=C(Nc1nc2c(ccc3ccccc32)s1)c1cccc(S(=O)(=O)N2CCCC2)c1. The largest absolute Gasteiger partial charge is 0.298 e. The molecule has 1 N–H and O–H groups in total. The standard InChI is InChI=1S/C22H19N3O3S2/c26-21(16-7-5-8-17(14-16)30(27,28)25-12-3-4-13-25)24-22-23-20-18-9-2-1-6-15(18)10-11-19(20)29-22/h1-2,5-11,14H,3-4,12-13H2,(H,23,24,26). The van der Waals surface area contributed by atoms with E-state index in [1.807, 2.05) is 36.4 Å². The number of benzene rings is 3. The fourth-order valence-corrected chi connectivity index (χ4v) is 6.20. The Labute approximate surface area is 178 Å². The maximum Gasteiger partial charge on any atom is 0.257 e. The highest BCUT2D eigenvalue weighted by molar-refractivity contribution is 7.89. The van der Waals surface area contributed by atoms with Crippen molar-refractivity contribution in [2.24, 2.45) is 0 Å². The van der Waals surface area contributed by atoms with E-state index < -0.39 is 10.0 Å². The summed E-state index contributed by atoms with van der Waals surface area (Å²) in [5.74, 6) is -0.378. The Morgan fingerprint density at radius 3 is 2.63 bits per heavy atom. The van der Waals surface area contributed by atoms with Gasteiger partial charge < -0.3 is 0 Å². The first-order valence-corrected chi connectivity index (χ1v) is 12.0. The van der Waals surface area contributed by atoms with Gasteiger partial charge in [0.2, 0.25) is 10.0 Å². The first kappa shape index (κ1) is 19.2. The van der Waals surface area contributed by atoms with Gasteiger partial charge in [-0.15, -0.1) is 0 Å². The lowest BCUT2D eigenvalue weighted by molar-refractivity contribution is 0.102. The number of carbonyl (C=O) groups excluding carboxylic acids is 1. The third kappa shape index (κ3) is 3.36. The molecule has 0 unspecified atom stereocenters. The van der Waals surface area contributed by atoms with Crippen LogP contribution in [0.1, 0.15) is 23.2 Å². The first-order chi connectivity index (χ1) is 14.5. The van der Waals surface area contributed by atoms with Crippen molar-refractivity contribution in [1.82, 2.24) is 9.29 Å². The Balaban J connectivity index is 1.44. The van der Waals surface area contributed by atoms with Gasteiger partial charge in [-0.1, -0.05) is 47.7 Å². The van der Waals surface area contributed by atoms with Crippen molar-refractivity contribution in [2.45, 2.75) is 17.7 Å². The van der Waals surface area contributed by atoms with E-state index in [1.54, 1.807) is 12.1 Å². The van der Waals surface area contributed by atoms with E-state index in [1.165, 1.54) is 27.8 Å². The highest BCUT2D eigenvalue weighted by Crippen LogP contribution is 2.32. The number of hydrogen-bond donors (Lipinski definition) is 1. The lowest BCUT2D eigenvalue weighted by atomic mass is 10.1. The first-order valence-electron chi connectivity index (χ1n) is 9.72. The van der Waals surface area contributed by atoms with Crippen LogP contribution in [-0.4, -0.2) is 36.7 Å². The maximum atomic E-state index is 12.8. The molecule has 1 aliphatic rings. The fraction of sp³-hybridized carbons (Fsp3) is 0.182. The number of carbonyl (C=O) groups is 1. The molecular weight excluding hydrogens is 418 g/mol. The van der Waals surface area contributed by atoms with E-state index in [0.717, 1.165) is 33.8 Å². The second-order valence-electron chi connectivity index (χ2n) is 7.25. The van der Waals surface area contributed by atoms with Crippen LogP contribution in [0.2, 0.25) is 0 Å². The summed E-state index contributed by atoms with van der Waals surface area (Å²) in [5, 5.41) is 5.43. The zero-order chi connectivity index (χ0) is 20.7. The molecule has 30 heavy (non-hydrogen) atoms. The summed E-state index contributed by atoms with van der Waals surface area (Å²) in [5.41, 5.74) is 1.14. The second kappa shape index (κ2) is 7.46. The molecule has 8 heteroatoms. The van der Waals surface area contributed by atoms with Gasteiger partial charge in [-0.3, -0.25) is 10.1 Å². The molecule has 4 aromatic rings. The van der Waals surface area contributed by atoms with Crippen molar-refractivity contribution >= 4 is 53.4 Å². The smallest absolute Gasteiger partial charge is 0.257 e. The maximum absolute atomic E-state index is 12.8. The number of nitrogens with zero attached hydrogens (tertiary/aromatic N) is 2. The van der Waals surface area contributed by atoms with Crippen LogP contribution in [0.3, 0.4) is 0 Å². The minimum absolute atomic E-state index is 0.146. The van der Waals surface area contributed by atoms with E-state index in [9.17, 15) is 13.2 Å². The Morgan fingerprint density at radius 2 is 1.80 bits per heavy atom. The van der Waals surface area contributed by atoms with Crippen molar-refractivity contribution in [2.75, 3.05) is 18.4 Å². The quantitative estimate of drug-likeness (QED) is 0.510. The van der Waals surface area contributed by atoms with E-state index in [-0.39, 0.29) is 10.8 Å². The highest BCUT2D eigenvalue weighted by atomic mass is 32.2. The molecule has 0 radical (unpaired) electrons. The molecule has 1 saturated heterocycles. The van der Waals surface area contributed by atoms with Crippen molar-refractivity contribution in [1.29, 1.82) is 0 Å². The van der Waals surface area contributed by atoms with Gasteiger partial charge in [0.25, 0.3) is 5.91 Å². The number of anilines is 1. The third-order valence-corrected chi connectivity index (χ3v) is 8.13. The van der Waals surface area contributed by atoms with Gasteiger partial charge in [0.15, 0.2) is 5.13 Å². The monoisotopic (exact) mass is 437 g/mol. The molecule has 0 bridgehead atoms. The van der Waals surface area contributed by atoms with E-state index in [0.29, 0.717) is 23.8 Å². The molecule has 0 saturated carbocycles. The van der Waals surface area contributed by atoms with Crippen LogP contribution >= 0.6 is 11.3 Å². The normalized spacial score (nSPS) is 15.1. The number of fused-ring (bicyclic) bond motifs is 3. The van der Waals surface area contributed by atoms with Crippen molar-refractivity contribution < 1.29 is 13.2 Å². The van der Waals surface area contributed by atoms with Gasteiger partial charge in [0.05, 0.1) is 15.1 Å². The Bertz CT molecular complexity index is 1370. The number of aromatic nitrogens is 1. The molecule has 1 aromatic heterocycles. The third-order valence-electron chi connectivity index (χ3n) is 5.30. The summed E-state index contributed by atoms with van der Waals surface area (Å²) in [4.78, 5) is 17.5. The summed E-state index contributed by atoms with van der Waals surface area (Å²) in [6.45, 7) is 1.05. The molecule has 3 aromatic carbocycles. The molecule has 0 spiro atoms. The lowest BCUT2D eigenvalue weighted by Crippen LogP contribution is -2.28. The number of amides is 1. The fourth-order valence-electron chi connectivity index (χ4n) is 3.76. The molecular formula is C22H19N3O3S2. The Kier molecular flexibility index (Phi) is 4.77. The van der Waals surface area contributed by atoms with Crippen LogP contribution in [0.15, 0.2) is 65.6 Å². The van der Waals surface area contributed by atoms with E-state index in [4.69, 9.17) is 0 Å². The molecule has 152 valence electrons. The van der Waals surface area contributed by atoms with Crippen LogP contribution in [-0.2, 0) is 10.0 Å². The van der Waals surface area contributed by atoms with Gasteiger partial charge in [0, 0.05) is 24.0 Å². The minimum Gasteiger partial charge on any atom is -0.298 e. The molecule has 1 aliphatic heterocycles. The topological polar surface area (TPSA) is 79.4 Å². The molecule has 0 aliphatic carbocycles. The van der Waals surface area contributed by atoms with Gasteiger partial charge in [-0.25, -0.2) is 13.4 Å². The van der Waals surface area contributed by atoms with Gasteiger partial charge >= 0.3 is 0 Å². The van der Waals surface area contributed by atoms with Gasteiger partial charge in [-0.2, -0.15) is 4.31 Å². The second-order valence-corrected chi connectivity index (χ2v) is 10.2. The van der Waals surface area contributed by atoms with Crippen LogP contribution in [0.25, 0.3) is 21.0 Å². The molecule has 5 rings (SSSR count). The number of rotatable bonds is 4. The Morgan fingerprint density at radius 1 is 1.00 bits per heavy atom. The summed E-state index contributed by atoms with van der Waals surface area (Å²) in [7, 11) is -3.57. The minimum atomic E-state index is -3.57. The van der Waals surface area contributed by atoms with Gasteiger partial charge in [0.1, 0.15) is 0 Å². The van der Waals surface area contributed by atoms with Crippen molar-refractivity contribution in [3.05, 3.63) is 66.2 Å². The molecule has 6 nitrogen and oxygen atoms in total. The number of hydrogen-bond acceptors (Lipinski definition) is 5. The number of sulfonamides is 1. The highest BCUT2D eigenvalue weighted by Gasteiger charge is 2.27. The summed E-state index contributed by atoms with van der Waals surface area (Å²) >= 11 is 1.40.